The molecule has 5 saturated carbocycles. The number of hydrogen-bond donors (Lipinski definition) is 3. The zero-order valence-corrected chi connectivity index (χ0v) is 33.8. The fourth-order valence-corrected chi connectivity index (χ4v) is 14.6. The maximum Gasteiger partial charge on any atom is 0.170 e. The molecule has 2 spiro atoms. The van der Waals surface area contributed by atoms with Gasteiger partial charge in [0.15, 0.2) is 6.29 Å². The Bertz CT molecular complexity index is 1120. The lowest BCUT2D eigenvalue weighted by molar-refractivity contribution is -0.250. The Kier molecular flexibility index (Phi) is 12.4. The number of thiol groups is 1. The standard InChI is InChI=1S/C39H66N2O5.CH4O.CH4S/c1-7-30(43-8-2)31-11-9-28-32(45-31)21-29-27-10-12-33-36(4,5)34(13-14-39(33)25(3)38(27,39)16-15-37(28,29)6)46-35-24-41(18-20-44-35)26-22-40(23-26)17-19-42;2*1-2/h25-35,42H,7-24H2,1-6H3;2*2H,1H3/t25-,27?,28?,29?,30+,31?,32?,33?,34-,35?,37+,38-,39?;;/m0../s1. The molecular formula is C41H74N2O6S. The fourth-order valence-electron chi connectivity index (χ4n) is 14.6. The number of hydrogen-bond acceptors (Lipinski definition) is 9. The number of aliphatic hydroxyl groups is 2. The van der Waals surface area contributed by atoms with Crippen LogP contribution in [0, 0.1) is 51.2 Å². The topological polar surface area (TPSA) is 83.9 Å². The van der Waals surface area contributed by atoms with Crippen LogP contribution < -0.4 is 0 Å². The van der Waals surface area contributed by atoms with Crippen molar-refractivity contribution >= 4 is 12.6 Å². The highest BCUT2D eigenvalue weighted by atomic mass is 32.1. The molecule has 5 aliphatic carbocycles. The molecule has 50 heavy (non-hydrogen) atoms. The predicted octanol–water partition coefficient (Wildman–Crippen LogP) is 6.13. The van der Waals surface area contributed by atoms with Gasteiger partial charge in [-0.25, -0.2) is 0 Å². The van der Waals surface area contributed by atoms with Crippen molar-refractivity contribution in [2.24, 2.45) is 51.2 Å². The molecule has 0 aromatic rings. The summed E-state index contributed by atoms with van der Waals surface area (Å²) < 4.78 is 26.5. The molecule has 8 nitrogen and oxygen atoms in total. The number of ether oxygens (including phenoxy) is 4. The number of likely N-dealkylation sites (tertiary alicyclic amines) is 1. The van der Waals surface area contributed by atoms with E-state index >= 15 is 0 Å². The summed E-state index contributed by atoms with van der Waals surface area (Å²) in [4.78, 5) is 4.94. The minimum absolute atomic E-state index is 0.114. The van der Waals surface area contributed by atoms with Crippen LogP contribution in [-0.2, 0) is 18.9 Å². The van der Waals surface area contributed by atoms with Crippen molar-refractivity contribution < 1.29 is 29.2 Å². The smallest absolute Gasteiger partial charge is 0.170 e. The van der Waals surface area contributed by atoms with Gasteiger partial charge in [0.2, 0.25) is 0 Å². The van der Waals surface area contributed by atoms with E-state index in [1.54, 1.807) is 6.26 Å². The van der Waals surface area contributed by atoms with Crippen molar-refractivity contribution in [1.82, 2.24) is 9.80 Å². The summed E-state index contributed by atoms with van der Waals surface area (Å²) in [5.74, 6) is 4.01. The molecule has 0 amide bonds. The van der Waals surface area contributed by atoms with Crippen molar-refractivity contribution in [2.75, 3.05) is 65.9 Å². The highest BCUT2D eigenvalue weighted by Gasteiger charge is 2.84. The van der Waals surface area contributed by atoms with Crippen LogP contribution in [-0.4, -0.2) is 123 Å². The second kappa shape index (κ2) is 15.6. The maximum atomic E-state index is 9.29. The third-order valence-electron chi connectivity index (χ3n) is 16.7. The lowest BCUT2D eigenvalue weighted by atomic mass is 9.46. The summed E-state index contributed by atoms with van der Waals surface area (Å²) >= 11 is 3.53. The minimum Gasteiger partial charge on any atom is -0.400 e. The van der Waals surface area contributed by atoms with Crippen LogP contribution in [0.15, 0.2) is 0 Å². The van der Waals surface area contributed by atoms with E-state index in [9.17, 15) is 5.11 Å². The van der Waals surface area contributed by atoms with E-state index < -0.39 is 0 Å². The summed E-state index contributed by atoms with van der Waals surface area (Å²) in [6, 6.07) is 0.581. The summed E-state index contributed by atoms with van der Waals surface area (Å²) in [6.45, 7) is 21.5. The third kappa shape index (κ3) is 6.09. The molecule has 0 bridgehead atoms. The zero-order valence-electron chi connectivity index (χ0n) is 32.9. The molecular weight excluding hydrogens is 649 g/mol. The van der Waals surface area contributed by atoms with E-state index in [1.807, 2.05) is 0 Å². The number of β-amino-alcohol motifs (C(OH)–C–C–N with tert-alkyl or cyclic N) is 1. The van der Waals surface area contributed by atoms with Gasteiger partial charge in [-0.3, -0.25) is 9.80 Å². The molecule has 0 aromatic carbocycles. The second-order valence-electron chi connectivity index (χ2n) is 18.1. The van der Waals surface area contributed by atoms with Gasteiger partial charge in [0.1, 0.15) is 0 Å². The van der Waals surface area contributed by atoms with E-state index in [-0.39, 0.29) is 36.6 Å². The Labute approximate surface area is 310 Å². The molecule has 3 heterocycles. The van der Waals surface area contributed by atoms with Gasteiger partial charge < -0.3 is 29.2 Å². The molecule has 2 N–H and O–H groups in total. The van der Waals surface area contributed by atoms with Gasteiger partial charge in [0, 0.05) is 52.5 Å². The zero-order chi connectivity index (χ0) is 36.1. The number of nitrogens with zero attached hydrogens (tertiary/aromatic N) is 2. The largest absolute Gasteiger partial charge is 0.400 e. The van der Waals surface area contributed by atoms with Crippen molar-refractivity contribution in [1.29, 1.82) is 0 Å². The van der Waals surface area contributed by atoms with Crippen molar-refractivity contribution in [3.8, 4) is 0 Å². The SMILES string of the molecule is CCO[C@H](CC)C1CCC2C(CC3C4CCC5C(C)(C)[C@@H](OC6CN(C7CN(CCO)C7)CCO6)CCC56[C@@H](C)[C@@]46CC[C@]23C)O1.CO.CS. The first kappa shape index (κ1) is 39.7. The summed E-state index contributed by atoms with van der Waals surface area (Å²) in [5.41, 5.74) is 1.65. The summed E-state index contributed by atoms with van der Waals surface area (Å²) in [5, 5.41) is 16.3. The number of aliphatic hydroxyl groups excluding tert-OH is 2. The van der Waals surface area contributed by atoms with Crippen LogP contribution in [0.2, 0.25) is 0 Å². The molecule has 3 saturated heterocycles. The molecule has 0 radical (unpaired) electrons. The third-order valence-corrected chi connectivity index (χ3v) is 16.7. The first-order valence-corrected chi connectivity index (χ1v) is 21.5. The Morgan fingerprint density at radius 3 is 2.34 bits per heavy atom. The van der Waals surface area contributed by atoms with E-state index in [2.05, 4.69) is 64.0 Å². The lowest BCUT2D eigenvalue weighted by Crippen LogP contribution is -2.63. The molecule has 290 valence electrons. The molecule has 8 unspecified atom stereocenters. The quantitative estimate of drug-likeness (QED) is 0.246. The summed E-state index contributed by atoms with van der Waals surface area (Å²) in [7, 11) is 1.00. The van der Waals surface area contributed by atoms with E-state index in [0.29, 0.717) is 28.4 Å². The molecule has 8 rings (SSSR count). The molecule has 13 atom stereocenters. The predicted molar refractivity (Wildman–Crippen MR) is 202 cm³/mol. The van der Waals surface area contributed by atoms with Gasteiger partial charge in [-0.1, -0.05) is 34.6 Å². The van der Waals surface area contributed by atoms with Crippen molar-refractivity contribution in [3.63, 3.8) is 0 Å². The highest BCUT2D eigenvalue weighted by Crippen LogP contribution is 2.89. The van der Waals surface area contributed by atoms with Gasteiger partial charge >= 0.3 is 0 Å². The Morgan fingerprint density at radius 2 is 1.64 bits per heavy atom. The minimum atomic E-state index is -0.114. The van der Waals surface area contributed by atoms with Crippen LogP contribution in [0.3, 0.4) is 0 Å². The first-order chi connectivity index (χ1) is 24.1. The fraction of sp³-hybridized carbons (Fsp3) is 1.00. The molecule has 9 heteroatoms. The van der Waals surface area contributed by atoms with Crippen LogP contribution >= 0.6 is 12.6 Å². The molecule has 0 aromatic heterocycles. The normalized spacial score (nSPS) is 47.0. The maximum absolute atomic E-state index is 9.29. The molecule has 8 fully saturated rings. The van der Waals surface area contributed by atoms with Crippen LogP contribution in [0.4, 0.5) is 0 Å². The molecule has 8 aliphatic rings. The van der Waals surface area contributed by atoms with Crippen LogP contribution in [0.5, 0.6) is 0 Å². The average Bonchev–Trinajstić information content (AvgIpc) is 3.49. The van der Waals surface area contributed by atoms with Gasteiger partial charge in [-0.2, -0.15) is 12.6 Å². The van der Waals surface area contributed by atoms with E-state index in [4.69, 9.17) is 24.1 Å². The van der Waals surface area contributed by atoms with Gasteiger partial charge in [0.25, 0.3) is 0 Å². The average molecular weight is 723 g/mol. The van der Waals surface area contributed by atoms with Gasteiger partial charge in [-0.05, 0) is 129 Å². The van der Waals surface area contributed by atoms with E-state index in [1.165, 1.54) is 57.8 Å². The van der Waals surface area contributed by atoms with Crippen molar-refractivity contribution in [3.05, 3.63) is 0 Å². The monoisotopic (exact) mass is 723 g/mol. The second-order valence-corrected chi connectivity index (χ2v) is 18.1. The Balaban J connectivity index is 0.00000104. The first-order valence-electron chi connectivity index (χ1n) is 20.6. The number of rotatable bonds is 9. The number of fused-ring (bicyclic) bond motifs is 4. The van der Waals surface area contributed by atoms with Gasteiger partial charge in [0.05, 0.1) is 37.6 Å². The van der Waals surface area contributed by atoms with Gasteiger partial charge in [-0.15, -0.1) is 0 Å². The number of morpholine rings is 1. The Hall–Kier alpha value is 0.0300. The Morgan fingerprint density at radius 1 is 0.900 bits per heavy atom. The highest BCUT2D eigenvalue weighted by molar-refractivity contribution is 7.79. The molecule has 3 aliphatic heterocycles. The van der Waals surface area contributed by atoms with E-state index in [0.717, 1.165) is 89.1 Å². The lowest BCUT2D eigenvalue weighted by Gasteiger charge is -2.60. The van der Waals surface area contributed by atoms with Crippen LogP contribution in [0.1, 0.15) is 106 Å². The van der Waals surface area contributed by atoms with Crippen molar-refractivity contribution in [2.45, 2.75) is 142 Å². The van der Waals surface area contributed by atoms with Crippen LogP contribution in [0.25, 0.3) is 0 Å². The summed E-state index contributed by atoms with van der Waals surface area (Å²) in [6.07, 6.45) is 15.9.